The monoisotopic (exact) mass is 319 g/mol. The number of amides is 2. The molecule has 23 heavy (non-hydrogen) atoms. The second-order valence-corrected chi connectivity index (χ2v) is 5.66. The van der Waals surface area contributed by atoms with Crippen molar-refractivity contribution in [2.45, 2.75) is 38.8 Å². The number of likely N-dealkylation sites (N-methyl/N-ethyl adjacent to an activating group) is 1. The molecule has 2 rings (SSSR count). The highest BCUT2D eigenvalue weighted by atomic mass is 16.4. The molecule has 0 fully saturated rings. The van der Waals surface area contributed by atoms with Gasteiger partial charge in [-0.3, -0.25) is 9.59 Å². The molecular formula is C16H21N3O4. The number of fused-ring (bicyclic) bond motifs is 1. The number of aliphatic carboxylic acids is 1. The van der Waals surface area contributed by atoms with Gasteiger partial charge in [-0.2, -0.15) is 0 Å². The van der Waals surface area contributed by atoms with Crippen LogP contribution in [0, 0.1) is 0 Å². The summed E-state index contributed by atoms with van der Waals surface area (Å²) in [6.45, 7) is 3.65. The van der Waals surface area contributed by atoms with Crippen molar-refractivity contribution in [3.8, 4) is 0 Å². The van der Waals surface area contributed by atoms with Gasteiger partial charge in [0, 0.05) is 12.6 Å². The average Bonchev–Trinajstić information content (AvgIpc) is 2.51. The van der Waals surface area contributed by atoms with Crippen molar-refractivity contribution in [2.75, 3.05) is 17.3 Å². The molecule has 0 aliphatic carbocycles. The number of anilines is 2. The minimum atomic E-state index is -1.06. The van der Waals surface area contributed by atoms with Crippen LogP contribution in [0.25, 0.3) is 0 Å². The lowest BCUT2D eigenvalue weighted by Gasteiger charge is -2.33. The first-order valence-electron chi connectivity index (χ1n) is 7.56. The number of carbonyl (C=O) groups is 3. The van der Waals surface area contributed by atoms with Gasteiger partial charge < -0.3 is 20.6 Å². The number of carboxylic acid groups (broad SMARTS) is 1. The molecule has 0 saturated heterocycles. The fourth-order valence-corrected chi connectivity index (χ4v) is 2.49. The maximum Gasteiger partial charge on any atom is 0.326 e. The predicted molar refractivity (Wildman–Crippen MR) is 86.7 cm³/mol. The van der Waals surface area contributed by atoms with Gasteiger partial charge in [-0.1, -0.05) is 13.3 Å². The standard InChI is InChI=1S/C16H21N3O4/c1-4-5-11(16(22)23)17-15(21)10-6-7-13-12(8-10)18-14(20)9(2)19(13)3/h6-9,11H,4-5H2,1-3H3,(H,17,21)(H,18,20)(H,22,23). The van der Waals surface area contributed by atoms with Gasteiger partial charge in [0.1, 0.15) is 12.1 Å². The van der Waals surface area contributed by atoms with Crippen LogP contribution in [0.5, 0.6) is 0 Å². The first-order valence-corrected chi connectivity index (χ1v) is 7.56. The van der Waals surface area contributed by atoms with Gasteiger partial charge in [-0.05, 0) is 31.5 Å². The molecule has 2 unspecified atom stereocenters. The summed E-state index contributed by atoms with van der Waals surface area (Å²) >= 11 is 0. The summed E-state index contributed by atoms with van der Waals surface area (Å²) in [7, 11) is 1.81. The van der Waals surface area contributed by atoms with Gasteiger partial charge in [-0.25, -0.2) is 4.79 Å². The number of nitrogens with zero attached hydrogens (tertiary/aromatic N) is 1. The summed E-state index contributed by atoms with van der Waals surface area (Å²) in [4.78, 5) is 37.1. The van der Waals surface area contributed by atoms with Crippen LogP contribution in [0.4, 0.5) is 11.4 Å². The van der Waals surface area contributed by atoms with E-state index in [1.165, 1.54) is 0 Å². The van der Waals surface area contributed by atoms with Crippen LogP contribution in [0.15, 0.2) is 18.2 Å². The molecule has 0 saturated carbocycles. The summed E-state index contributed by atoms with van der Waals surface area (Å²) in [6.07, 6.45) is 1.02. The SMILES string of the molecule is CCCC(NC(=O)c1ccc2c(c1)NC(=O)C(C)N2C)C(=O)O. The lowest BCUT2D eigenvalue weighted by molar-refractivity contribution is -0.139. The van der Waals surface area contributed by atoms with E-state index in [1.807, 2.05) is 18.9 Å². The molecule has 0 bridgehead atoms. The van der Waals surface area contributed by atoms with E-state index < -0.39 is 17.9 Å². The van der Waals surface area contributed by atoms with Crippen molar-refractivity contribution in [3.05, 3.63) is 23.8 Å². The van der Waals surface area contributed by atoms with E-state index in [0.29, 0.717) is 24.1 Å². The summed E-state index contributed by atoms with van der Waals surface area (Å²) in [5.74, 6) is -1.67. The molecule has 1 aromatic carbocycles. The zero-order valence-electron chi connectivity index (χ0n) is 13.4. The molecule has 0 aromatic heterocycles. The highest BCUT2D eigenvalue weighted by molar-refractivity contribution is 6.05. The second kappa shape index (κ2) is 6.68. The van der Waals surface area contributed by atoms with E-state index in [4.69, 9.17) is 5.11 Å². The Morgan fingerprint density at radius 3 is 2.74 bits per heavy atom. The Kier molecular flexibility index (Phi) is 4.88. The number of carbonyl (C=O) groups excluding carboxylic acids is 2. The molecule has 1 aromatic rings. The number of nitrogens with one attached hydrogen (secondary N) is 2. The Labute approximate surface area is 134 Å². The maximum absolute atomic E-state index is 12.2. The second-order valence-electron chi connectivity index (χ2n) is 5.66. The molecule has 2 amide bonds. The summed E-state index contributed by atoms with van der Waals surface area (Å²) in [5, 5.41) is 14.4. The third-order valence-corrected chi connectivity index (χ3v) is 4.04. The van der Waals surface area contributed by atoms with E-state index in [2.05, 4.69) is 10.6 Å². The molecule has 1 heterocycles. The molecule has 3 N–H and O–H groups in total. The van der Waals surface area contributed by atoms with Gasteiger partial charge in [0.05, 0.1) is 11.4 Å². The van der Waals surface area contributed by atoms with Gasteiger partial charge in [0.25, 0.3) is 5.91 Å². The van der Waals surface area contributed by atoms with Crippen molar-refractivity contribution in [3.63, 3.8) is 0 Å². The summed E-state index contributed by atoms with van der Waals surface area (Å²) in [5.41, 5.74) is 1.68. The normalized spacial score (nSPS) is 18.0. The van der Waals surface area contributed by atoms with Crippen molar-refractivity contribution in [1.29, 1.82) is 0 Å². The zero-order valence-corrected chi connectivity index (χ0v) is 13.4. The molecule has 0 spiro atoms. The van der Waals surface area contributed by atoms with E-state index in [1.54, 1.807) is 25.1 Å². The molecular weight excluding hydrogens is 298 g/mol. The third kappa shape index (κ3) is 3.44. The lowest BCUT2D eigenvalue weighted by atomic mass is 10.1. The van der Waals surface area contributed by atoms with Crippen molar-refractivity contribution < 1.29 is 19.5 Å². The van der Waals surface area contributed by atoms with Crippen LogP contribution in [0.2, 0.25) is 0 Å². The largest absolute Gasteiger partial charge is 0.480 e. The third-order valence-electron chi connectivity index (χ3n) is 4.04. The smallest absolute Gasteiger partial charge is 0.326 e. The minimum Gasteiger partial charge on any atom is -0.480 e. The molecule has 1 aliphatic rings. The summed E-state index contributed by atoms with van der Waals surface area (Å²) < 4.78 is 0. The molecule has 124 valence electrons. The quantitative estimate of drug-likeness (QED) is 0.763. The van der Waals surface area contributed by atoms with Gasteiger partial charge >= 0.3 is 5.97 Å². The first kappa shape index (κ1) is 16.8. The van der Waals surface area contributed by atoms with Crippen LogP contribution in [0.3, 0.4) is 0 Å². The lowest BCUT2D eigenvalue weighted by Crippen LogP contribution is -2.44. The fourth-order valence-electron chi connectivity index (χ4n) is 2.49. The fraction of sp³-hybridized carbons (Fsp3) is 0.438. The highest BCUT2D eigenvalue weighted by Crippen LogP contribution is 2.31. The minimum absolute atomic E-state index is 0.146. The molecule has 7 nitrogen and oxygen atoms in total. The van der Waals surface area contributed by atoms with Gasteiger partial charge in [-0.15, -0.1) is 0 Å². The molecule has 0 radical (unpaired) electrons. The Morgan fingerprint density at radius 2 is 2.13 bits per heavy atom. The Balaban J connectivity index is 2.22. The van der Waals surface area contributed by atoms with Crippen LogP contribution < -0.4 is 15.5 Å². The van der Waals surface area contributed by atoms with Gasteiger partial charge in [0.2, 0.25) is 5.91 Å². The topological polar surface area (TPSA) is 98.7 Å². The van der Waals surface area contributed by atoms with E-state index in [9.17, 15) is 14.4 Å². The van der Waals surface area contributed by atoms with Crippen molar-refractivity contribution >= 4 is 29.2 Å². The Bertz CT molecular complexity index is 644. The molecule has 7 heteroatoms. The van der Waals surface area contributed by atoms with E-state index >= 15 is 0 Å². The molecule has 2 atom stereocenters. The number of benzene rings is 1. The Morgan fingerprint density at radius 1 is 1.43 bits per heavy atom. The van der Waals surface area contributed by atoms with Crippen LogP contribution in [-0.4, -0.2) is 42.0 Å². The van der Waals surface area contributed by atoms with Crippen LogP contribution in [-0.2, 0) is 9.59 Å². The highest BCUT2D eigenvalue weighted by Gasteiger charge is 2.27. The van der Waals surface area contributed by atoms with E-state index in [0.717, 1.165) is 5.69 Å². The predicted octanol–water partition coefficient (Wildman–Crippen LogP) is 1.45. The first-order chi connectivity index (χ1) is 10.8. The number of carboxylic acids is 1. The van der Waals surface area contributed by atoms with Gasteiger partial charge in [0.15, 0.2) is 0 Å². The number of hydrogen-bond donors (Lipinski definition) is 3. The van der Waals surface area contributed by atoms with Crippen molar-refractivity contribution in [2.24, 2.45) is 0 Å². The average molecular weight is 319 g/mol. The van der Waals surface area contributed by atoms with Crippen LogP contribution >= 0.6 is 0 Å². The van der Waals surface area contributed by atoms with Crippen molar-refractivity contribution in [1.82, 2.24) is 5.32 Å². The van der Waals surface area contributed by atoms with E-state index in [-0.39, 0.29) is 11.9 Å². The number of rotatable bonds is 5. The van der Waals surface area contributed by atoms with Crippen LogP contribution in [0.1, 0.15) is 37.0 Å². The number of hydrogen-bond acceptors (Lipinski definition) is 4. The Hall–Kier alpha value is -2.57. The maximum atomic E-state index is 12.2. The summed E-state index contributed by atoms with van der Waals surface area (Å²) in [6, 6.07) is 3.73. The zero-order chi connectivity index (χ0) is 17.1. The molecule has 1 aliphatic heterocycles.